The first-order valence-corrected chi connectivity index (χ1v) is 7.34. The van der Waals surface area contributed by atoms with E-state index in [1.807, 2.05) is 0 Å². The number of carboxylic acid groups (broad SMARTS) is 1. The molecule has 96 valence electrons. The molecule has 1 unspecified atom stereocenters. The molecule has 1 atom stereocenters. The number of carbonyl (C=O) groups is 2. The molecule has 1 heterocycles. The highest BCUT2D eigenvalue weighted by Crippen LogP contribution is 2.34. The molecule has 0 saturated carbocycles. The Bertz CT molecular complexity index is 504. The summed E-state index contributed by atoms with van der Waals surface area (Å²) in [6.07, 6.45) is 0.495. The van der Waals surface area contributed by atoms with E-state index in [1.165, 1.54) is 6.07 Å². The van der Waals surface area contributed by atoms with Gasteiger partial charge in [-0.2, -0.15) is 0 Å². The second-order valence-corrected chi connectivity index (χ2v) is 5.61. The molecule has 18 heavy (non-hydrogen) atoms. The fourth-order valence-electron chi connectivity index (χ4n) is 2.01. The average Bonchev–Trinajstić information content (AvgIpc) is 2.70. The van der Waals surface area contributed by atoms with Gasteiger partial charge in [0.2, 0.25) is 5.91 Å². The number of alkyl halides is 1. The van der Waals surface area contributed by atoms with Crippen LogP contribution in [-0.4, -0.2) is 28.9 Å². The summed E-state index contributed by atoms with van der Waals surface area (Å²) in [7, 11) is 0. The molecule has 1 aromatic carbocycles. The van der Waals surface area contributed by atoms with Gasteiger partial charge in [-0.25, -0.2) is 4.79 Å². The highest BCUT2D eigenvalue weighted by atomic mass is 79.9. The van der Waals surface area contributed by atoms with E-state index in [-0.39, 0.29) is 17.4 Å². The van der Waals surface area contributed by atoms with Crippen molar-refractivity contribution >= 4 is 49.4 Å². The van der Waals surface area contributed by atoms with Gasteiger partial charge in [-0.3, -0.25) is 4.79 Å². The molecule has 1 aliphatic heterocycles. The second kappa shape index (κ2) is 5.40. The van der Waals surface area contributed by atoms with E-state index in [0.29, 0.717) is 23.1 Å². The molecule has 4 nitrogen and oxygen atoms in total. The number of hydrogen-bond acceptors (Lipinski definition) is 2. The number of amides is 1. The van der Waals surface area contributed by atoms with Crippen LogP contribution in [0.25, 0.3) is 0 Å². The number of rotatable bonds is 3. The number of hydrogen-bond donors (Lipinski definition) is 1. The smallest absolute Gasteiger partial charge is 0.336 e. The van der Waals surface area contributed by atoms with Crippen LogP contribution in [0.4, 0.5) is 5.69 Å². The Kier molecular flexibility index (Phi) is 4.07. The predicted octanol–water partition coefficient (Wildman–Crippen LogP) is 2.90. The van der Waals surface area contributed by atoms with Crippen molar-refractivity contribution in [2.45, 2.75) is 6.42 Å². The van der Waals surface area contributed by atoms with Gasteiger partial charge in [0.15, 0.2) is 0 Å². The highest BCUT2D eigenvalue weighted by Gasteiger charge is 2.31. The maximum atomic E-state index is 11.9. The van der Waals surface area contributed by atoms with E-state index in [1.54, 1.807) is 17.0 Å². The first-order chi connectivity index (χ1) is 8.54. The van der Waals surface area contributed by atoms with Crippen molar-refractivity contribution in [1.82, 2.24) is 0 Å². The van der Waals surface area contributed by atoms with Gasteiger partial charge in [-0.1, -0.05) is 22.0 Å². The van der Waals surface area contributed by atoms with E-state index in [9.17, 15) is 9.59 Å². The molecule has 1 saturated heterocycles. The lowest BCUT2D eigenvalue weighted by Gasteiger charge is -2.19. The number of nitrogens with zero attached hydrogens (tertiary/aromatic N) is 1. The third kappa shape index (κ3) is 2.44. The van der Waals surface area contributed by atoms with Gasteiger partial charge in [-0.05, 0) is 34.0 Å². The van der Waals surface area contributed by atoms with Crippen LogP contribution >= 0.6 is 31.9 Å². The molecular weight excluding hydrogens is 366 g/mol. The standard InChI is InChI=1S/C12H11Br2NO3/c13-5-7-4-10(16)15(6-7)9-3-1-2-8(11(9)14)12(17)18/h1-3,7H,4-6H2,(H,17,18). The summed E-state index contributed by atoms with van der Waals surface area (Å²) < 4.78 is 0.459. The molecule has 1 amide bonds. The van der Waals surface area contributed by atoms with Gasteiger partial charge >= 0.3 is 5.97 Å². The third-order valence-corrected chi connectivity index (χ3v) is 4.67. The maximum Gasteiger partial charge on any atom is 0.336 e. The lowest BCUT2D eigenvalue weighted by atomic mass is 10.1. The van der Waals surface area contributed by atoms with E-state index >= 15 is 0 Å². The topological polar surface area (TPSA) is 57.6 Å². The van der Waals surface area contributed by atoms with Crippen LogP contribution in [0, 0.1) is 5.92 Å². The molecule has 0 bridgehead atoms. The zero-order valence-electron chi connectivity index (χ0n) is 9.40. The Balaban J connectivity index is 2.37. The summed E-state index contributed by atoms with van der Waals surface area (Å²) in [6.45, 7) is 0.617. The molecule has 0 aliphatic carbocycles. The van der Waals surface area contributed by atoms with Crippen molar-refractivity contribution in [2.75, 3.05) is 16.8 Å². The fraction of sp³-hybridized carbons (Fsp3) is 0.333. The van der Waals surface area contributed by atoms with Gasteiger partial charge in [0.1, 0.15) is 0 Å². The normalized spacial score (nSPS) is 19.3. The van der Waals surface area contributed by atoms with Gasteiger partial charge in [0.05, 0.1) is 15.7 Å². The minimum atomic E-state index is -1.01. The number of halogens is 2. The van der Waals surface area contributed by atoms with Crippen LogP contribution in [0.1, 0.15) is 16.8 Å². The van der Waals surface area contributed by atoms with Crippen LogP contribution in [0.5, 0.6) is 0 Å². The van der Waals surface area contributed by atoms with Crippen LogP contribution in [0.3, 0.4) is 0 Å². The molecule has 1 aliphatic rings. The Labute approximate surface area is 121 Å². The van der Waals surface area contributed by atoms with Crippen molar-refractivity contribution < 1.29 is 14.7 Å². The zero-order valence-corrected chi connectivity index (χ0v) is 12.6. The number of carbonyl (C=O) groups excluding carboxylic acids is 1. The van der Waals surface area contributed by atoms with E-state index in [2.05, 4.69) is 31.9 Å². The molecule has 0 radical (unpaired) electrons. The van der Waals surface area contributed by atoms with Crippen LogP contribution in [0.2, 0.25) is 0 Å². The summed E-state index contributed by atoms with van der Waals surface area (Å²) >= 11 is 6.65. The summed E-state index contributed by atoms with van der Waals surface area (Å²) in [4.78, 5) is 24.6. The average molecular weight is 377 g/mol. The number of carboxylic acids is 1. The van der Waals surface area contributed by atoms with Gasteiger partial charge in [-0.15, -0.1) is 0 Å². The molecule has 1 fully saturated rings. The van der Waals surface area contributed by atoms with Crippen molar-refractivity contribution in [3.63, 3.8) is 0 Å². The Hall–Kier alpha value is -0.880. The first-order valence-electron chi connectivity index (χ1n) is 5.42. The lowest BCUT2D eigenvalue weighted by molar-refractivity contribution is -0.117. The maximum absolute atomic E-state index is 11.9. The van der Waals surface area contributed by atoms with Crippen molar-refractivity contribution in [1.29, 1.82) is 0 Å². The SMILES string of the molecule is O=C(O)c1cccc(N2CC(CBr)CC2=O)c1Br. The van der Waals surface area contributed by atoms with Crippen LogP contribution < -0.4 is 4.90 Å². The fourth-order valence-corrected chi connectivity index (χ4v) is 3.09. The zero-order chi connectivity index (χ0) is 13.3. The van der Waals surface area contributed by atoms with E-state index < -0.39 is 5.97 Å². The van der Waals surface area contributed by atoms with Crippen molar-refractivity contribution in [3.05, 3.63) is 28.2 Å². The van der Waals surface area contributed by atoms with Crippen LogP contribution in [-0.2, 0) is 4.79 Å². The van der Waals surface area contributed by atoms with Gasteiger partial charge < -0.3 is 10.0 Å². The van der Waals surface area contributed by atoms with Crippen molar-refractivity contribution in [3.8, 4) is 0 Å². The van der Waals surface area contributed by atoms with E-state index in [0.717, 1.165) is 5.33 Å². The molecule has 1 aromatic rings. The number of anilines is 1. The Morgan fingerprint density at radius 1 is 1.50 bits per heavy atom. The van der Waals surface area contributed by atoms with E-state index in [4.69, 9.17) is 5.11 Å². The van der Waals surface area contributed by atoms with Gasteiger partial charge in [0, 0.05) is 18.3 Å². The minimum absolute atomic E-state index is 0.0303. The predicted molar refractivity (Wildman–Crippen MR) is 75.4 cm³/mol. The molecule has 2 rings (SSSR count). The monoisotopic (exact) mass is 375 g/mol. The Morgan fingerprint density at radius 3 is 2.78 bits per heavy atom. The minimum Gasteiger partial charge on any atom is -0.478 e. The number of benzene rings is 1. The molecule has 1 N–H and O–H groups in total. The van der Waals surface area contributed by atoms with Gasteiger partial charge in [0.25, 0.3) is 0 Å². The molecule has 6 heteroatoms. The third-order valence-electron chi connectivity index (χ3n) is 2.92. The quantitative estimate of drug-likeness (QED) is 0.825. The lowest BCUT2D eigenvalue weighted by Crippen LogP contribution is -2.25. The van der Waals surface area contributed by atoms with Crippen molar-refractivity contribution in [2.24, 2.45) is 5.92 Å². The molecule has 0 spiro atoms. The second-order valence-electron chi connectivity index (χ2n) is 4.17. The molecule has 0 aromatic heterocycles. The summed E-state index contributed by atoms with van der Waals surface area (Å²) in [5, 5.41) is 9.83. The molecular formula is C12H11Br2NO3. The first kappa shape index (κ1) is 13.5. The summed E-state index contributed by atoms with van der Waals surface area (Å²) in [5.74, 6) is -0.701. The highest BCUT2D eigenvalue weighted by molar-refractivity contribution is 9.10. The largest absolute Gasteiger partial charge is 0.478 e. The Morgan fingerprint density at radius 2 is 2.22 bits per heavy atom. The number of aromatic carboxylic acids is 1. The van der Waals surface area contributed by atoms with Crippen LogP contribution in [0.15, 0.2) is 22.7 Å². The summed E-state index contributed by atoms with van der Waals surface area (Å²) in [6, 6.07) is 4.92. The summed E-state index contributed by atoms with van der Waals surface area (Å²) in [5.41, 5.74) is 0.797.